The summed E-state index contributed by atoms with van der Waals surface area (Å²) >= 11 is 0. The molecule has 6 heteroatoms. The second-order valence-electron chi connectivity index (χ2n) is 2.60. The van der Waals surface area contributed by atoms with E-state index in [1.807, 2.05) is 6.92 Å². The quantitative estimate of drug-likeness (QED) is 0.264. The Bertz CT molecular complexity index is 88.2. The topological polar surface area (TPSA) is 119 Å². The molecule has 7 N–H and O–H groups in total. The highest BCUT2D eigenvalue weighted by Crippen LogP contribution is 1.93. The van der Waals surface area contributed by atoms with E-state index in [4.69, 9.17) is 26.2 Å². The summed E-state index contributed by atoms with van der Waals surface area (Å²) in [7, 11) is 0. The number of nitrogens with one attached hydrogen (secondary N) is 1. The average Bonchev–Trinajstić information content (AvgIpc) is 2.19. The number of aliphatic hydroxyl groups is 4. The summed E-state index contributed by atoms with van der Waals surface area (Å²) in [5, 5.41) is 35.6. The number of aliphatic hydroxyl groups excluding tert-OH is 4. The van der Waals surface area contributed by atoms with Crippen molar-refractivity contribution >= 4 is 0 Å². The van der Waals surface area contributed by atoms with Crippen molar-refractivity contribution in [1.29, 1.82) is 0 Å². The third-order valence-electron chi connectivity index (χ3n) is 1.31. The van der Waals surface area contributed by atoms with Crippen LogP contribution in [-0.4, -0.2) is 59.1 Å². The number of hydrogen-bond acceptors (Lipinski definition) is 6. The Morgan fingerprint density at radius 1 is 1.08 bits per heavy atom. The first kappa shape index (κ1) is 15.2. The first-order valence-corrected chi connectivity index (χ1v) is 4.03. The minimum atomic E-state index is -1.21. The lowest BCUT2D eigenvalue weighted by molar-refractivity contribution is 0.0698. The van der Waals surface area contributed by atoms with Gasteiger partial charge >= 0.3 is 0 Å². The fourth-order valence-electron chi connectivity index (χ4n) is 0.262. The molecule has 0 saturated heterocycles. The molecule has 0 atom stereocenters. The second-order valence-corrected chi connectivity index (χ2v) is 2.60. The van der Waals surface area contributed by atoms with Crippen LogP contribution in [0.3, 0.4) is 0 Å². The Morgan fingerprint density at radius 3 is 1.46 bits per heavy atom. The molecule has 0 aromatic rings. The molecule has 0 unspecified atom stereocenters. The summed E-state index contributed by atoms with van der Waals surface area (Å²) in [5.41, 5.74) is 3.94. The Kier molecular flexibility index (Phi) is 11.5. The van der Waals surface area contributed by atoms with Crippen molar-refractivity contribution in [2.75, 3.05) is 33.1 Å². The molecule has 0 saturated carbocycles. The highest BCUT2D eigenvalue weighted by molar-refractivity contribution is 4.80. The molecule has 0 heterocycles. The third-order valence-corrected chi connectivity index (χ3v) is 1.31. The Hall–Kier alpha value is -0.240. The summed E-state index contributed by atoms with van der Waals surface area (Å²) in [5.74, 6) is 0. The summed E-state index contributed by atoms with van der Waals surface area (Å²) in [6.45, 7) is 1.67. The monoisotopic (exact) mass is 196 g/mol. The highest BCUT2D eigenvalue weighted by atomic mass is 16.3. The Balaban J connectivity index is 0. The van der Waals surface area contributed by atoms with E-state index >= 15 is 0 Å². The number of rotatable bonds is 5. The predicted octanol–water partition coefficient (Wildman–Crippen LogP) is -2.79. The van der Waals surface area contributed by atoms with Gasteiger partial charge in [0.15, 0.2) is 0 Å². The van der Waals surface area contributed by atoms with E-state index in [0.717, 1.165) is 6.54 Å². The molecule has 13 heavy (non-hydrogen) atoms. The zero-order valence-corrected chi connectivity index (χ0v) is 7.90. The molecule has 0 aromatic carbocycles. The first-order chi connectivity index (χ1) is 6.10. The molecular formula is C7H20N2O4. The first-order valence-electron chi connectivity index (χ1n) is 4.03. The maximum Gasteiger partial charge on any atom is 0.0931 e. The van der Waals surface area contributed by atoms with Crippen LogP contribution in [-0.2, 0) is 0 Å². The van der Waals surface area contributed by atoms with Gasteiger partial charge in [-0.05, 0) is 6.54 Å². The van der Waals surface area contributed by atoms with Crippen molar-refractivity contribution in [1.82, 2.24) is 5.32 Å². The third kappa shape index (κ3) is 9.68. The Morgan fingerprint density at radius 2 is 1.46 bits per heavy atom. The molecule has 0 bridgehead atoms. The maximum absolute atomic E-state index is 8.34. The lowest BCUT2D eigenvalue weighted by Gasteiger charge is -2.20. The van der Waals surface area contributed by atoms with E-state index in [0.29, 0.717) is 0 Å². The fourth-order valence-corrected chi connectivity index (χ4v) is 0.262. The molecule has 6 nitrogen and oxygen atoms in total. The lowest BCUT2D eigenvalue weighted by atomic mass is 10.1. The number of hydrogen-bond donors (Lipinski definition) is 6. The van der Waals surface area contributed by atoms with Gasteiger partial charge in [0.2, 0.25) is 0 Å². The van der Waals surface area contributed by atoms with Crippen LogP contribution >= 0.6 is 0 Å². The molecule has 0 aliphatic heterocycles. The molecule has 0 spiro atoms. The van der Waals surface area contributed by atoms with E-state index in [-0.39, 0.29) is 6.73 Å². The molecule has 0 amide bonds. The van der Waals surface area contributed by atoms with Crippen LogP contribution in [0.5, 0.6) is 0 Å². The minimum Gasteiger partial charge on any atom is -0.394 e. The zero-order chi connectivity index (χ0) is 10.7. The van der Waals surface area contributed by atoms with Crippen LogP contribution < -0.4 is 11.1 Å². The van der Waals surface area contributed by atoms with E-state index < -0.39 is 25.4 Å². The van der Waals surface area contributed by atoms with E-state index in [9.17, 15) is 0 Å². The van der Waals surface area contributed by atoms with Gasteiger partial charge in [-0.2, -0.15) is 0 Å². The molecule has 82 valence electrons. The van der Waals surface area contributed by atoms with Crippen LogP contribution in [0.2, 0.25) is 0 Å². The summed E-state index contributed by atoms with van der Waals surface area (Å²) in [4.78, 5) is 0. The largest absolute Gasteiger partial charge is 0.394 e. The van der Waals surface area contributed by atoms with Crippen LogP contribution in [0.15, 0.2) is 0 Å². The molecule has 0 aliphatic rings. The zero-order valence-electron chi connectivity index (χ0n) is 7.90. The van der Waals surface area contributed by atoms with Crippen LogP contribution in [0.4, 0.5) is 0 Å². The van der Waals surface area contributed by atoms with E-state index in [2.05, 4.69) is 5.32 Å². The van der Waals surface area contributed by atoms with Gasteiger partial charge in [-0.25, -0.2) is 0 Å². The predicted molar refractivity (Wildman–Crippen MR) is 48.9 cm³/mol. The van der Waals surface area contributed by atoms with Crippen LogP contribution in [0.1, 0.15) is 6.92 Å². The van der Waals surface area contributed by atoms with Crippen LogP contribution in [0, 0.1) is 0 Å². The van der Waals surface area contributed by atoms with Gasteiger partial charge in [0.1, 0.15) is 0 Å². The van der Waals surface area contributed by atoms with Crippen LogP contribution in [0.25, 0.3) is 0 Å². The van der Waals surface area contributed by atoms with Gasteiger partial charge in [0, 0.05) is 0 Å². The average molecular weight is 196 g/mol. The molecule has 0 fully saturated rings. The molecule has 0 aliphatic carbocycles. The highest BCUT2D eigenvalue weighted by Gasteiger charge is 2.20. The van der Waals surface area contributed by atoms with Gasteiger partial charge in [-0.1, -0.05) is 6.92 Å². The minimum absolute atomic E-state index is 0.0938. The fraction of sp³-hybridized carbons (Fsp3) is 1.00. The van der Waals surface area contributed by atoms with Gasteiger partial charge in [-0.3, -0.25) is 5.32 Å². The lowest BCUT2D eigenvalue weighted by Crippen LogP contribution is -2.50. The normalized spacial score (nSPS) is 10.6. The van der Waals surface area contributed by atoms with Crippen molar-refractivity contribution in [3.8, 4) is 0 Å². The van der Waals surface area contributed by atoms with Gasteiger partial charge in [0.25, 0.3) is 0 Å². The van der Waals surface area contributed by atoms with Gasteiger partial charge in [0.05, 0.1) is 32.1 Å². The van der Waals surface area contributed by atoms with Gasteiger partial charge < -0.3 is 26.2 Å². The SMILES string of the molecule is CCNCO.NC(CO)(CO)CO. The summed E-state index contributed by atoms with van der Waals surface area (Å²) in [6, 6.07) is 0. The van der Waals surface area contributed by atoms with E-state index in [1.165, 1.54) is 0 Å². The molecule has 0 aromatic heterocycles. The van der Waals surface area contributed by atoms with Crippen molar-refractivity contribution in [3.63, 3.8) is 0 Å². The van der Waals surface area contributed by atoms with Crippen molar-refractivity contribution in [2.24, 2.45) is 5.73 Å². The summed E-state index contributed by atoms with van der Waals surface area (Å²) < 4.78 is 0. The number of nitrogens with two attached hydrogens (primary N) is 1. The second kappa shape index (κ2) is 9.85. The molecule has 0 rings (SSSR count). The maximum atomic E-state index is 8.34. The Labute approximate surface area is 78.0 Å². The van der Waals surface area contributed by atoms with Crippen molar-refractivity contribution in [2.45, 2.75) is 12.5 Å². The molecule has 0 radical (unpaired) electrons. The smallest absolute Gasteiger partial charge is 0.0931 e. The summed E-state index contributed by atoms with van der Waals surface area (Å²) in [6.07, 6.45) is 0. The van der Waals surface area contributed by atoms with E-state index in [1.54, 1.807) is 0 Å². The van der Waals surface area contributed by atoms with Gasteiger partial charge in [-0.15, -0.1) is 0 Å². The molecular weight excluding hydrogens is 176 g/mol. The van der Waals surface area contributed by atoms with Crippen molar-refractivity contribution in [3.05, 3.63) is 0 Å². The standard InChI is InChI=1S/C4H11NO3.C3H9NO/c5-4(1-6,2-7)3-8;1-2-4-3-5/h6-8H,1-3,5H2;4-5H,2-3H2,1H3. The van der Waals surface area contributed by atoms with Crippen molar-refractivity contribution < 1.29 is 20.4 Å².